The van der Waals surface area contributed by atoms with Gasteiger partial charge in [-0.2, -0.15) is 25.3 Å². The molecular weight excluding hydrogens is 1810 g/mol. The van der Waals surface area contributed by atoms with E-state index in [4.69, 9.17) is 34.1 Å². The number of H-pyrrole nitrogens is 1. The molecule has 8 rings (SSSR count). The number of rotatable bonds is 52. The van der Waals surface area contributed by atoms with Crippen molar-refractivity contribution in [3.8, 4) is 17.2 Å². The third-order valence-corrected chi connectivity index (χ3v) is 24.9. The number of aliphatic hydroxyl groups is 1. The molecule has 30 N–H and O–H groups in total. The lowest BCUT2D eigenvalue weighted by Crippen LogP contribution is -2.61. The van der Waals surface area contributed by atoms with Crippen LogP contribution in [0.15, 0.2) is 85.3 Å². The fourth-order valence-electron chi connectivity index (χ4n) is 16.8. The number of nitrogens with one attached hydrogen (secondary N) is 15. The lowest BCUT2D eigenvalue weighted by molar-refractivity contribution is -0.154. The van der Waals surface area contributed by atoms with Crippen molar-refractivity contribution in [2.45, 2.75) is 251 Å². The summed E-state index contributed by atoms with van der Waals surface area (Å²) in [4.78, 5) is 251. The third kappa shape index (κ3) is 32.1. The molecule has 1 saturated carbocycles. The van der Waals surface area contributed by atoms with E-state index in [-0.39, 0.29) is 145 Å². The summed E-state index contributed by atoms with van der Waals surface area (Å²) in [6.45, 7) is 1.49. The van der Waals surface area contributed by atoms with Crippen molar-refractivity contribution in [1.82, 2.24) is 93.8 Å². The highest BCUT2D eigenvalue weighted by Crippen LogP contribution is 2.41. The maximum atomic E-state index is 14.9. The van der Waals surface area contributed by atoms with Gasteiger partial charge in [0.1, 0.15) is 108 Å². The summed E-state index contributed by atoms with van der Waals surface area (Å²) in [5.74, 6) is -17.3. The number of unbranched alkanes of at least 4 members (excludes halogenated alkanes) is 1. The molecule has 4 aliphatic rings. The zero-order valence-electron chi connectivity index (χ0n) is 75.7. The number of guanidine groups is 1. The Bertz CT molecular complexity index is 4820. The number of carbonyl (C=O) groups is 17. The van der Waals surface area contributed by atoms with Crippen LogP contribution >= 0.6 is 25.3 Å². The predicted octanol–water partition coefficient (Wildman–Crippen LogP) is -5.93. The van der Waals surface area contributed by atoms with E-state index in [2.05, 4.69) is 104 Å². The van der Waals surface area contributed by atoms with Crippen molar-refractivity contribution >= 4 is 132 Å². The molecule has 3 aromatic carbocycles. The number of aromatic hydroxyl groups is 3. The molecule has 136 heavy (non-hydrogen) atoms. The van der Waals surface area contributed by atoms with Crippen LogP contribution in [0.5, 0.6) is 17.2 Å². The van der Waals surface area contributed by atoms with Gasteiger partial charge in [-0.25, -0.2) is 9.78 Å². The maximum Gasteiger partial charge on any atom is 0.326 e. The number of hydrogen-bond acceptors (Lipinski definition) is 28. The van der Waals surface area contributed by atoms with Crippen molar-refractivity contribution in [3.05, 3.63) is 108 Å². The fourth-order valence-corrected chi connectivity index (χ4v) is 17.3. The van der Waals surface area contributed by atoms with Gasteiger partial charge in [0.25, 0.3) is 0 Å². The number of primary amides is 1. The van der Waals surface area contributed by atoms with Gasteiger partial charge in [-0.05, 0) is 182 Å². The number of phenolic OH excluding ortho intramolecular Hbond substituents is 3. The molecule has 0 spiro atoms. The second kappa shape index (κ2) is 53.4. The Morgan fingerprint density at radius 2 is 0.912 bits per heavy atom. The minimum atomic E-state index is -1.76. The summed E-state index contributed by atoms with van der Waals surface area (Å²) in [5, 5.41) is 91.9. The summed E-state index contributed by atoms with van der Waals surface area (Å²) < 4.78 is 0. The topological polar surface area (TPSA) is 740 Å². The summed E-state index contributed by atoms with van der Waals surface area (Å²) in [5.41, 5.74) is 31.0. The van der Waals surface area contributed by atoms with E-state index in [1.165, 1.54) is 96.8 Å². The second-order valence-electron chi connectivity index (χ2n) is 34.3. The maximum absolute atomic E-state index is 14.9. The molecule has 46 nitrogen and oxygen atoms in total. The number of likely N-dealkylation sites (tertiary alicyclic amines) is 3. The minimum absolute atomic E-state index is 0.000528. The van der Waals surface area contributed by atoms with Gasteiger partial charge >= 0.3 is 5.97 Å². The molecule has 744 valence electrons. The number of carboxylic acid groups (broad SMARTS) is 1. The number of thiol groups is 2. The van der Waals surface area contributed by atoms with Gasteiger partial charge in [0, 0.05) is 74.8 Å². The molecule has 0 bridgehead atoms. The monoisotopic (exact) mass is 1940 g/mol. The number of nitrogens with two attached hydrogens (primary N) is 5. The average molecular weight is 1940 g/mol. The molecule has 3 saturated heterocycles. The highest BCUT2D eigenvalue weighted by Gasteiger charge is 2.52. The van der Waals surface area contributed by atoms with Crippen LogP contribution in [0.4, 0.5) is 0 Å². The first-order valence-electron chi connectivity index (χ1n) is 45.3. The van der Waals surface area contributed by atoms with Gasteiger partial charge in [0.05, 0.1) is 19.0 Å². The Morgan fingerprint density at radius 3 is 1.43 bits per heavy atom. The summed E-state index contributed by atoms with van der Waals surface area (Å²) in [7, 11) is 0. The lowest BCUT2D eigenvalue weighted by atomic mass is 9.84. The van der Waals surface area contributed by atoms with Crippen molar-refractivity contribution < 1.29 is 107 Å². The number of imidazole rings is 1. The molecule has 0 radical (unpaired) electrons. The summed E-state index contributed by atoms with van der Waals surface area (Å²) >= 11 is 8.59. The molecule has 3 aliphatic heterocycles. The van der Waals surface area contributed by atoms with Crippen molar-refractivity contribution in [2.24, 2.45) is 34.6 Å². The number of amides is 16. The SMILES string of the molecule is C[C@H](NC(=O)[C@H](Cc1cnc[nH]1)NC(=O)[C@@H](N)Cc1ccc(O)cc1)C(=O)N[C@@H](CS)C(=O)N[C@@H](CO)C(=O)N[C@@H](C)C(=O)N1CCC[C@H]1C(=O)N[C@@H](CCN)C(=O)N[C@@H](CCCNC(=N)N)C(=O)N[C@@H](Cc1ccc(O)cc1)C(=O)N[C@@H](CS)C(=O)N[C@@H](Cc1ccc(O)cc1)C(=O)N[C@@H](CCC(N)=O)C(=O)N[C@@H](CCCCN)C(=O)N1CCC[C@H]1C(=O)N1C(C(=O)O)CC2CCCCC21. The van der Waals surface area contributed by atoms with Gasteiger partial charge in [0.15, 0.2) is 5.96 Å². The van der Waals surface area contributed by atoms with E-state index in [1.807, 2.05) is 0 Å². The predicted molar refractivity (Wildman–Crippen MR) is 497 cm³/mol. The Labute approximate surface area is 795 Å². The Kier molecular flexibility index (Phi) is 42.6. The van der Waals surface area contributed by atoms with Crippen LogP contribution in [-0.2, 0) is 107 Å². The van der Waals surface area contributed by atoms with Crippen LogP contribution in [0.3, 0.4) is 0 Å². The van der Waals surface area contributed by atoms with E-state index in [1.54, 1.807) is 12.1 Å². The van der Waals surface area contributed by atoms with Gasteiger partial charge < -0.3 is 143 Å². The van der Waals surface area contributed by atoms with Crippen LogP contribution in [0, 0.1) is 11.3 Å². The van der Waals surface area contributed by atoms with E-state index >= 15 is 0 Å². The van der Waals surface area contributed by atoms with Crippen LogP contribution in [0.1, 0.15) is 145 Å². The molecule has 3 unspecified atom stereocenters. The first-order chi connectivity index (χ1) is 64.8. The highest BCUT2D eigenvalue weighted by molar-refractivity contribution is 7.80. The van der Waals surface area contributed by atoms with Crippen LogP contribution in [0.2, 0.25) is 0 Å². The number of aliphatic carboxylic acids is 1. The molecule has 16 amide bonds. The quantitative estimate of drug-likeness (QED) is 0.00847. The largest absolute Gasteiger partial charge is 0.508 e. The van der Waals surface area contributed by atoms with Gasteiger partial charge in [-0.1, -0.05) is 49.2 Å². The number of nitrogens with zero attached hydrogens (tertiary/aromatic N) is 4. The number of carbonyl (C=O) groups excluding carboxylic acids is 16. The first kappa shape index (κ1) is 108. The molecule has 1 aromatic heterocycles. The van der Waals surface area contributed by atoms with Crippen LogP contribution in [-0.4, -0.2) is 310 Å². The first-order valence-corrected chi connectivity index (χ1v) is 46.6. The number of aromatic amines is 1. The molecule has 1 aliphatic carbocycles. The standard InChI is InChI=1S/C88H128N24O22S2/c1-46(98-77(123)63(40-52-41-95-45-97-52)104-73(119)56(91)36-48-16-22-53(114)23-17-48)72(118)108-65(43-135)82(128)107-64(42-113)80(126)99-47(2)84(130)110-34-8-14-68(110)83(129)102-59(30-32-90)76(122)100-57(12-7-33-96-88(93)94)74(120)105-62(38-50-20-26-55(116)27-21-50)79(125)109-66(44-136)81(127)106-61(37-49-18-24-54(115)25-19-49)78(124)101-58(28-29-71(92)117)75(121)103-60(11-5-6-31-89)85(131)111-35-9-15-69(111)86(132)112-67-13-4-3-10-51(67)39-70(112)87(133)134/h16-27,41,45-47,51,56-70,113-116,135-136H,3-15,28-40,42-44,89-91H2,1-2H3,(H2,92,117)(H,95,97)(H,98,123)(H,99,126)(H,100,122)(H,101,124)(H,102,129)(H,103,121)(H,104,119)(H,105,120)(H,106,127)(H,107,128)(H,108,118)(H,109,125)(H,133,134)(H4,93,94,96)/t46-,47-,51?,56-,57-,58-,59-,60-,61-,62-,63-,64-,65-,66-,67?,68-,69-,70?/m0/s1. The molecule has 48 heteroatoms. The van der Waals surface area contributed by atoms with Crippen molar-refractivity contribution in [2.75, 3.05) is 50.8 Å². The Balaban J connectivity index is 0.917. The van der Waals surface area contributed by atoms with Crippen LogP contribution in [0.25, 0.3) is 0 Å². The Hall–Kier alpha value is -12.9. The van der Waals surface area contributed by atoms with Gasteiger partial charge in [-0.3, -0.25) is 82.1 Å². The molecular formula is C88H128N24O22S2. The number of hydrogen-bond donors (Lipinski definition) is 27. The van der Waals surface area contributed by atoms with E-state index in [0.29, 0.717) is 48.1 Å². The smallest absolute Gasteiger partial charge is 0.326 e. The van der Waals surface area contributed by atoms with E-state index < -0.39 is 228 Å². The van der Waals surface area contributed by atoms with Crippen molar-refractivity contribution in [3.63, 3.8) is 0 Å². The number of benzene rings is 3. The second-order valence-corrected chi connectivity index (χ2v) is 35.0. The summed E-state index contributed by atoms with van der Waals surface area (Å²) in [6.07, 6.45) is 5.41. The third-order valence-electron chi connectivity index (χ3n) is 24.2. The zero-order chi connectivity index (χ0) is 99.6. The highest BCUT2D eigenvalue weighted by atomic mass is 32.1. The number of phenols is 3. The normalized spacial score (nSPS) is 19.0. The summed E-state index contributed by atoms with van der Waals surface area (Å²) in [6, 6.07) is -6.54. The molecule has 18 atom stereocenters. The molecule has 4 fully saturated rings. The van der Waals surface area contributed by atoms with Crippen molar-refractivity contribution in [1.29, 1.82) is 5.41 Å². The Morgan fingerprint density at radius 1 is 0.471 bits per heavy atom. The minimum Gasteiger partial charge on any atom is -0.508 e. The zero-order valence-corrected chi connectivity index (χ0v) is 77.5. The molecule has 4 aromatic rings. The number of carboxylic acids is 1. The van der Waals surface area contributed by atoms with Gasteiger partial charge in [0.2, 0.25) is 94.5 Å². The van der Waals surface area contributed by atoms with Crippen LogP contribution < -0.4 is 97.8 Å². The van der Waals surface area contributed by atoms with E-state index in [0.717, 1.165) is 24.2 Å². The average Bonchev–Trinajstić information content (AvgIpc) is 1.61. The number of aliphatic hydroxyl groups excluding tert-OH is 1. The van der Waals surface area contributed by atoms with Gasteiger partial charge in [-0.15, -0.1) is 0 Å². The molecule has 4 heterocycles. The van der Waals surface area contributed by atoms with E-state index in [9.17, 15) is 107 Å². The fraction of sp³-hybridized carbons (Fsp3) is 0.557. The number of aromatic nitrogens is 2. The lowest BCUT2D eigenvalue weighted by Gasteiger charge is -2.37. The number of fused-ring (bicyclic) bond motifs is 1.